The fraction of sp³-hybridized carbons (Fsp3) is 0.231. The van der Waals surface area contributed by atoms with Gasteiger partial charge in [-0.1, -0.05) is 30.3 Å². The summed E-state index contributed by atoms with van der Waals surface area (Å²) >= 11 is 0. The third-order valence-corrected chi connectivity index (χ3v) is 5.25. The maximum atomic E-state index is 5.95. The molecule has 0 fully saturated rings. The molecule has 0 aliphatic carbocycles. The van der Waals surface area contributed by atoms with Crippen LogP contribution in [0.4, 0.5) is 0 Å². The molecule has 152 valence electrons. The summed E-state index contributed by atoms with van der Waals surface area (Å²) in [5, 5.41) is 4.76. The first-order chi connectivity index (χ1) is 14.5. The molecule has 1 atom stereocenters. The smallest absolute Gasteiger partial charge is 0.127 e. The van der Waals surface area contributed by atoms with E-state index in [1.54, 1.807) is 6.33 Å². The first-order valence-corrected chi connectivity index (χ1v) is 10.3. The first kappa shape index (κ1) is 20.0. The van der Waals surface area contributed by atoms with E-state index in [0.717, 1.165) is 33.7 Å². The third kappa shape index (κ3) is 4.34. The number of nitrogens with one attached hydrogen (secondary N) is 1. The van der Waals surface area contributed by atoms with Gasteiger partial charge in [-0.3, -0.25) is 0 Å². The number of para-hydroxylation sites is 1. The topological polar surface area (TPSA) is 47.0 Å². The number of ether oxygens (including phenoxy) is 1. The van der Waals surface area contributed by atoms with Crippen molar-refractivity contribution in [3.8, 4) is 11.5 Å². The van der Waals surface area contributed by atoms with E-state index in [0.29, 0.717) is 6.04 Å². The molecule has 0 saturated carbocycles. The van der Waals surface area contributed by atoms with Gasteiger partial charge < -0.3 is 10.1 Å². The van der Waals surface area contributed by atoms with Crippen LogP contribution in [0.15, 0.2) is 73.1 Å². The van der Waals surface area contributed by atoms with Crippen LogP contribution in [0.5, 0.6) is 11.5 Å². The van der Waals surface area contributed by atoms with Crippen LogP contribution >= 0.6 is 0 Å². The molecule has 0 amide bonds. The van der Waals surface area contributed by atoms with Gasteiger partial charge in [0, 0.05) is 11.4 Å². The van der Waals surface area contributed by atoms with Gasteiger partial charge in [0.1, 0.15) is 17.8 Å². The second-order valence-electron chi connectivity index (χ2n) is 7.95. The van der Waals surface area contributed by atoms with Crippen LogP contribution in [0.2, 0.25) is 0 Å². The lowest BCUT2D eigenvalue weighted by Crippen LogP contribution is -2.29. The van der Waals surface area contributed by atoms with Crippen molar-refractivity contribution in [3.63, 3.8) is 0 Å². The molecular weight excluding hydrogens is 370 g/mol. The number of nitrogens with zero attached hydrogens (tertiary/aromatic N) is 2. The molecule has 0 saturated heterocycles. The minimum atomic E-state index is -0.0385. The molecule has 1 N–H and O–H groups in total. The molecule has 0 radical (unpaired) electrons. The van der Waals surface area contributed by atoms with Gasteiger partial charge in [-0.25, -0.2) is 9.97 Å². The van der Waals surface area contributed by atoms with Crippen LogP contribution < -0.4 is 10.1 Å². The van der Waals surface area contributed by atoms with Gasteiger partial charge in [-0.05, 0) is 80.8 Å². The maximum absolute atomic E-state index is 5.95. The second-order valence-corrected chi connectivity index (χ2v) is 7.95. The molecule has 4 aromatic rings. The van der Waals surface area contributed by atoms with Crippen molar-refractivity contribution >= 4 is 10.9 Å². The molecule has 4 nitrogen and oxygen atoms in total. The lowest BCUT2D eigenvalue weighted by Gasteiger charge is -2.23. The van der Waals surface area contributed by atoms with Crippen LogP contribution in [0.25, 0.3) is 10.9 Å². The van der Waals surface area contributed by atoms with E-state index in [4.69, 9.17) is 9.72 Å². The molecule has 3 aromatic carbocycles. The van der Waals surface area contributed by atoms with E-state index in [1.807, 2.05) is 42.5 Å². The lowest BCUT2D eigenvalue weighted by atomic mass is 9.97. The standard InChI is InChI=1S/C26H27N3O/c1-17(2)29-25(26-23-14-18(3)19(4)15-24(23)27-16-28-26)20-10-12-22(13-11-20)30-21-8-6-5-7-9-21/h5-17,25,29H,1-4H3/t25-/m0/s1. The summed E-state index contributed by atoms with van der Waals surface area (Å²) in [7, 11) is 0. The minimum Gasteiger partial charge on any atom is -0.457 e. The molecule has 0 spiro atoms. The molecule has 1 aromatic heterocycles. The molecule has 0 aliphatic heterocycles. The van der Waals surface area contributed by atoms with Crippen LogP contribution in [0.3, 0.4) is 0 Å². The molecule has 0 aliphatic rings. The van der Waals surface area contributed by atoms with Crippen molar-refractivity contribution in [1.29, 1.82) is 0 Å². The van der Waals surface area contributed by atoms with Crippen molar-refractivity contribution < 1.29 is 4.74 Å². The summed E-state index contributed by atoms with van der Waals surface area (Å²) in [4.78, 5) is 9.19. The summed E-state index contributed by atoms with van der Waals surface area (Å²) < 4.78 is 5.95. The highest BCUT2D eigenvalue weighted by atomic mass is 16.5. The van der Waals surface area contributed by atoms with E-state index >= 15 is 0 Å². The maximum Gasteiger partial charge on any atom is 0.127 e. The first-order valence-electron chi connectivity index (χ1n) is 10.3. The molecule has 4 rings (SSSR count). The van der Waals surface area contributed by atoms with Gasteiger partial charge in [-0.2, -0.15) is 0 Å². The monoisotopic (exact) mass is 397 g/mol. The zero-order valence-electron chi connectivity index (χ0n) is 17.9. The number of rotatable bonds is 6. The van der Waals surface area contributed by atoms with Gasteiger partial charge in [0.05, 0.1) is 17.3 Å². The van der Waals surface area contributed by atoms with Gasteiger partial charge in [0.2, 0.25) is 0 Å². The average Bonchev–Trinajstić information content (AvgIpc) is 2.74. The number of aryl methyl sites for hydroxylation is 2. The summed E-state index contributed by atoms with van der Waals surface area (Å²) in [6, 6.07) is 22.6. The van der Waals surface area contributed by atoms with Crippen molar-refractivity contribution in [2.75, 3.05) is 0 Å². The zero-order valence-corrected chi connectivity index (χ0v) is 17.9. The summed E-state index contributed by atoms with van der Waals surface area (Å²) in [6.07, 6.45) is 1.66. The van der Waals surface area contributed by atoms with E-state index in [1.165, 1.54) is 11.1 Å². The van der Waals surface area contributed by atoms with Crippen LogP contribution in [-0.2, 0) is 0 Å². The number of fused-ring (bicyclic) bond motifs is 1. The Kier molecular flexibility index (Phi) is 5.77. The van der Waals surface area contributed by atoms with Crippen molar-refractivity contribution in [1.82, 2.24) is 15.3 Å². The zero-order chi connectivity index (χ0) is 21.1. The van der Waals surface area contributed by atoms with Gasteiger partial charge in [0.25, 0.3) is 0 Å². The van der Waals surface area contributed by atoms with Crippen LogP contribution in [-0.4, -0.2) is 16.0 Å². The minimum absolute atomic E-state index is 0.0385. The Morgan fingerprint density at radius 1 is 0.800 bits per heavy atom. The molecule has 30 heavy (non-hydrogen) atoms. The highest BCUT2D eigenvalue weighted by molar-refractivity contribution is 5.83. The Hall–Kier alpha value is -3.24. The molecule has 4 heteroatoms. The number of aromatic nitrogens is 2. The SMILES string of the molecule is Cc1cc2ncnc([C@@H](NC(C)C)c3ccc(Oc4ccccc4)cc3)c2cc1C. The van der Waals surface area contributed by atoms with Crippen molar-refractivity contribution in [3.05, 3.63) is 95.4 Å². The summed E-state index contributed by atoms with van der Waals surface area (Å²) in [5.41, 5.74) is 5.59. The average molecular weight is 398 g/mol. The number of hydrogen-bond acceptors (Lipinski definition) is 4. The van der Waals surface area contributed by atoms with Crippen molar-refractivity contribution in [2.24, 2.45) is 0 Å². The van der Waals surface area contributed by atoms with E-state index in [-0.39, 0.29) is 6.04 Å². The van der Waals surface area contributed by atoms with E-state index in [2.05, 4.69) is 62.3 Å². The van der Waals surface area contributed by atoms with Crippen molar-refractivity contribution in [2.45, 2.75) is 39.8 Å². The summed E-state index contributed by atoms with van der Waals surface area (Å²) in [6.45, 7) is 8.55. The highest BCUT2D eigenvalue weighted by Crippen LogP contribution is 2.30. The highest BCUT2D eigenvalue weighted by Gasteiger charge is 2.20. The predicted octanol–water partition coefficient (Wildman–Crippen LogP) is 6.13. The lowest BCUT2D eigenvalue weighted by molar-refractivity contribution is 0.481. The van der Waals surface area contributed by atoms with Gasteiger partial charge in [-0.15, -0.1) is 0 Å². The summed E-state index contributed by atoms with van der Waals surface area (Å²) in [5.74, 6) is 1.64. The Bertz CT molecular complexity index is 1140. The van der Waals surface area contributed by atoms with Gasteiger partial charge in [0.15, 0.2) is 0 Å². The number of hydrogen-bond donors (Lipinski definition) is 1. The van der Waals surface area contributed by atoms with E-state index < -0.39 is 0 Å². The Labute approximate surface area is 178 Å². The van der Waals surface area contributed by atoms with Gasteiger partial charge >= 0.3 is 0 Å². The molecule has 0 unspecified atom stereocenters. The van der Waals surface area contributed by atoms with Crippen LogP contribution in [0, 0.1) is 13.8 Å². The molecule has 0 bridgehead atoms. The Balaban J connectivity index is 1.72. The fourth-order valence-corrected chi connectivity index (χ4v) is 3.59. The Morgan fingerprint density at radius 3 is 2.17 bits per heavy atom. The van der Waals surface area contributed by atoms with E-state index in [9.17, 15) is 0 Å². The fourth-order valence-electron chi connectivity index (χ4n) is 3.59. The van der Waals surface area contributed by atoms with Crippen LogP contribution in [0.1, 0.15) is 42.3 Å². The second kappa shape index (κ2) is 8.64. The molecular formula is C26H27N3O. The predicted molar refractivity (Wildman–Crippen MR) is 122 cm³/mol. The molecule has 1 heterocycles. The Morgan fingerprint density at radius 2 is 1.47 bits per heavy atom. The normalized spacial score (nSPS) is 12.3. The quantitative estimate of drug-likeness (QED) is 0.425. The third-order valence-electron chi connectivity index (χ3n) is 5.25. The number of benzene rings is 3. The largest absolute Gasteiger partial charge is 0.457 e.